The maximum Gasteiger partial charge on any atom is 0.349 e. The molecule has 2 aromatic heterocycles. The van der Waals surface area contributed by atoms with E-state index in [1.54, 1.807) is 0 Å². The van der Waals surface area contributed by atoms with Gasteiger partial charge in [-0.15, -0.1) is 0 Å². The highest BCUT2D eigenvalue weighted by Crippen LogP contribution is 2.43. The number of aromatic amines is 2. The Hall–Kier alpha value is -3.45. The van der Waals surface area contributed by atoms with Gasteiger partial charge in [-0.3, -0.25) is 9.36 Å². The minimum Gasteiger partial charge on any atom is -0.450 e. The zero-order valence-corrected chi connectivity index (χ0v) is 18.6. The number of halogens is 5. The predicted octanol–water partition coefficient (Wildman–Crippen LogP) is 5.04. The number of aromatic nitrogens is 3. The van der Waals surface area contributed by atoms with E-state index in [9.17, 15) is 41.1 Å². The molecule has 35 heavy (non-hydrogen) atoms. The summed E-state index contributed by atoms with van der Waals surface area (Å²) < 4.78 is 85.4. The summed E-state index contributed by atoms with van der Waals surface area (Å²) in [6.45, 7) is 0. The largest absolute Gasteiger partial charge is 0.450 e. The quantitative estimate of drug-likeness (QED) is 0.119. The SMILES string of the molecule is O=c1[nH]cnc2c(Sc3cccc(Oc4c(F)c(F)c(F)c(F)c4F)c3/C=C/P(=O)(O)O)c[nH]c12. The van der Waals surface area contributed by atoms with Crippen molar-refractivity contribution in [3.63, 3.8) is 0 Å². The summed E-state index contributed by atoms with van der Waals surface area (Å²) >= 11 is 0.925. The molecule has 0 radical (unpaired) electrons. The first-order valence-corrected chi connectivity index (χ1v) is 11.8. The van der Waals surface area contributed by atoms with Gasteiger partial charge < -0.3 is 24.5 Å². The second kappa shape index (κ2) is 9.30. The van der Waals surface area contributed by atoms with Crippen molar-refractivity contribution in [3.8, 4) is 11.5 Å². The molecule has 2 aromatic carbocycles. The van der Waals surface area contributed by atoms with Crippen LogP contribution < -0.4 is 10.3 Å². The van der Waals surface area contributed by atoms with E-state index in [2.05, 4.69) is 15.0 Å². The summed E-state index contributed by atoms with van der Waals surface area (Å²) in [5.74, 6) is -12.9. The molecule has 0 amide bonds. The standard InChI is InChI=1S/C20H11F5N3O5PS/c21-12-13(22)15(24)19(16(25)14(12)23)33-9-2-1-3-10(8(9)4-5-34(30,31)32)35-11-6-26-18-17(11)27-7-28-20(18)29/h1-7,26H,(H,27,28,29)(H2,30,31,32)/b5-4+. The van der Waals surface area contributed by atoms with E-state index in [1.165, 1.54) is 18.3 Å². The van der Waals surface area contributed by atoms with Gasteiger partial charge in [-0.25, -0.2) is 18.2 Å². The minimum absolute atomic E-state index is 0.135. The molecule has 4 N–H and O–H groups in total. The van der Waals surface area contributed by atoms with E-state index >= 15 is 0 Å². The van der Waals surface area contributed by atoms with Crippen LogP contribution in [0.5, 0.6) is 11.5 Å². The van der Waals surface area contributed by atoms with Crippen molar-refractivity contribution in [2.75, 3.05) is 0 Å². The summed E-state index contributed by atoms with van der Waals surface area (Å²) in [5.41, 5.74) is -0.248. The molecule has 0 aliphatic heterocycles. The molecule has 0 saturated heterocycles. The second-order valence-electron chi connectivity index (χ2n) is 6.78. The van der Waals surface area contributed by atoms with Gasteiger partial charge >= 0.3 is 7.60 Å². The number of H-pyrrole nitrogens is 2. The van der Waals surface area contributed by atoms with E-state index in [0.29, 0.717) is 10.7 Å². The van der Waals surface area contributed by atoms with Crippen LogP contribution in [0, 0.1) is 29.1 Å². The molecule has 182 valence electrons. The third-order valence-electron chi connectivity index (χ3n) is 4.50. The number of hydrogen-bond donors (Lipinski definition) is 4. The maximum atomic E-state index is 14.2. The van der Waals surface area contributed by atoms with Gasteiger partial charge in [-0.1, -0.05) is 17.8 Å². The average molecular weight is 531 g/mol. The number of fused-ring (bicyclic) bond motifs is 1. The fourth-order valence-electron chi connectivity index (χ4n) is 2.94. The van der Waals surface area contributed by atoms with Crippen LogP contribution in [-0.2, 0) is 4.57 Å². The Morgan fingerprint density at radius 1 is 0.971 bits per heavy atom. The molecule has 4 aromatic rings. The Labute approximate surface area is 195 Å². The summed E-state index contributed by atoms with van der Waals surface area (Å²) in [6.07, 6.45) is 3.45. The molecule has 15 heteroatoms. The molecule has 0 saturated carbocycles. The Morgan fingerprint density at radius 2 is 1.63 bits per heavy atom. The molecule has 4 rings (SSSR count). The van der Waals surface area contributed by atoms with Crippen LogP contribution in [0.15, 0.2) is 51.1 Å². The Kier molecular flexibility index (Phi) is 6.56. The van der Waals surface area contributed by atoms with Gasteiger partial charge in [0, 0.05) is 22.5 Å². The molecule has 0 unspecified atom stereocenters. The van der Waals surface area contributed by atoms with Crippen LogP contribution in [0.3, 0.4) is 0 Å². The first-order chi connectivity index (χ1) is 16.5. The molecule has 0 aliphatic rings. The van der Waals surface area contributed by atoms with Crippen LogP contribution >= 0.6 is 19.4 Å². The molecule has 0 fully saturated rings. The minimum atomic E-state index is -4.74. The van der Waals surface area contributed by atoms with Crippen LogP contribution in [0.1, 0.15) is 5.56 Å². The number of rotatable bonds is 6. The van der Waals surface area contributed by atoms with Gasteiger partial charge in [0.1, 0.15) is 16.8 Å². The number of nitrogens with one attached hydrogen (secondary N) is 2. The monoisotopic (exact) mass is 531 g/mol. The van der Waals surface area contributed by atoms with Gasteiger partial charge in [0.05, 0.1) is 11.2 Å². The van der Waals surface area contributed by atoms with Crippen molar-refractivity contribution in [2.45, 2.75) is 9.79 Å². The second-order valence-corrected chi connectivity index (χ2v) is 9.34. The smallest absolute Gasteiger partial charge is 0.349 e. The molecular weight excluding hydrogens is 520 g/mol. The van der Waals surface area contributed by atoms with E-state index in [4.69, 9.17) is 4.74 Å². The van der Waals surface area contributed by atoms with E-state index in [1.807, 2.05) is 0 Å². The van der Waals surface area contributed by atoms with Crippen LogP contribution in [-0.4, -0.2) is 24.7 Å². The fraction of sp³-hybridized carbons (Fsp3) is 0. The van der Waals surface area contributed by atoms with Gasteiger partial charge in [-0.2, -0.15) is 8.78 Å². The Balaban J connectivity index is 1.86. The first kappa shape index (κ1) is 24.7. The third kappa shape index (κ3) is 4.86. The lowest BCUT2D eigenvalue weighted by atomic mass is 10.2. The summed E-state index contributed by atoms with van der Waals surface area (Å²) in [5, 5.41) is 0. The van der Waals surface area contributed by atoms with Crippen LogP contribution in [0.2, 0.25) is 0 Å². The fourth-order valence-corrected chi connectivity index (χ4v) is 4.32. The molecular formula is C20H11F5N3O5PS. The number of ether oxygens (including phenoxy) is 1. The Bertz CT molecular complexity index is 1570. The highest BCUT2D eigenvalue weighted by Gasteiger charge is 2.28. The van der Waals surface area contributed by atoms with Crippen molar-refractivity contribution in [1.82, 2.24) is 15.0 Å². The lowest BCUT2D eigenvalue weighted by Gasteiger charge is -2.14. The third-order valence-corrected chi connectivity index (χ3v) is 6.14. The topological polar surface area (TPSA) is 128 Å². The zero-order valence-electron chi connectivity index (χ0n) is 16.9. The van der Waals surface area contributed by atoms with E-state index < -0.39 is 53.7 Å². The highest BCUT2D eigenvalue weighted by molar-refractivity contribution is 7.99. The van der Waals surface area contributed by atoms with E-state index in [-0.39, 0.29) is 21.5 Å². The van der Waals surface area contributed by atoms with E-state index in [0.717, 1.165) is 30.2 Å². The lowest BCUT2D eigenvalue weighted by molar-refractivity contribution is 0.331. The highest BCUT2D eigenvalue weighted by atomic mass is 32.2. The lowest BCUT2D eigenvalue weighted by Crippen LogP contribution is -2.05. The zero-order chi connectivity index (χ0) is 25.5. The number of hydrogen-bond acceptors (Lipinski definition) is 5. The van der Waals surface area contributed by atoms with Crippen LogP contribution in [0.25, 0.3) is 17.1 Å². The summed E-state index contributed by atoms with van der Waals surface area (Å²) in [6, 6.07) is 3.84. The van der Waals surface area contributed by atoms with Gasteiger partial charge in [-0.05, 0) is 18.2 Å². The Morgan fingerprint density at radius 3 is 2.29 bits per heavy atom. The molecule has 0 aliphatic carbocycles. The first-order valence-electron chi connectivity index (χ1n) is 9.27. The molecule has 0 spiro atoms. The van der Waals surface area contributed by atoms with Gasteiger partial charge in [0.15, 0.2) is 0 Å². The van der Waals surface area contributed by atoms with Crippen molar-refractivity contribution < 1.29 is 41.0 Å². The van der Waals surface area contributed by atoms with Crippen LogP contribution in [0.4, 0.5) is 22.0 Å². The summed E-state index contributed by atoms with van der Waals surface area (Å²) in [4.78, 5) is 40.1. The molecule has 0 bridgehead atoms. The summed E-state index contributed by atoms with van der Waals surface area (Å²) in [7, 11) is -4.74. The van der Waals surface area contributed by atoms with Crippen molar-refractivity contribution in [1.29, 1.82) is 0 Å². The normalized spacial score (nSPS) is 12.1. The predicted molar refractivity (Wildman–Crippen MR) is 115 cm³/mol. The number of benzene rings is 2. The molecule has 8 nitrogen and oxygen atoms in total. The van der Waals surface area contributed by atoms with Crippen molar-refractivity contribution >= 4 is 36.5 Å². The van der Waals surface area contributed by atoms with Crippen molar-refractivity contribution in [2.24, 2.45) is 0 Å². The average Bonchev–Trinajstić information content (AvgIpc) is 3.22. The number of nitrogens with zero attached hydrogens (tertiary/aromatic N) is 1. The van der Waals surface area contributed by atoms with Gasteiger partial charge in [0.25, 0.3) is 5.56 Å². The van der Waals surface area contributed by atoms with Gasteiger partial charge in [0.2, 0.25) is 34.8 Å². The molecule has 2 heterocycles. The molecule has 0 atom stereocenters. The maximum absolute atomic E-state index is 14.2. The van der Waals surface area contributed by atoms with Crippen molar-refractivity contribution in [3.05, 3.63) is 81.5 Å².